The first-order valence-electron chi connectivity index (χ1n) is 4.35. The van der Waals surface area contributed by atoms with Crippen LogP contribution in [0.1, 0.15) is 25.8 Å². The zero-order chi connectivity index (χ0) is 9.03. The van der Waals surface area contributed by atoms with E-state index >= 15 is 0 Å². The van der Waals surface area contributed by atoms with Gasteiger partial charge >= 0.3 is 0 Å². The van der Waals surface area contributed by atoms with Crippen LogP contribution in [0.2, 0.25) is 0 Å². The van der Waals surface area contributed by atoms with Gasteiger partial charge in [0.25, 0.3) is 0 Å². The Labute approximate surface area is 78.6 Å². The fourth-order valence-corrected chi connectivity index (χ4v) is 1.72. The van der Waals surface area contributed by atoms with E-state index < -0.39 is 0 Å². The summed E-state index contributed by atoms with van der Waals surface area (Å²) in [6.45, 7) is 5.22. The molecule has 2 N–H and O–H groups in total. The second-order valence-electron chi connectivity index (χ2n) is 4.00. The second-order valence-corrected chi connectivity index (χ2v) is 4.78. The molecule has 0 aromatic carbocycles. The molecule has 68 valence electrons. The summed E-state index contributed by atoms with van der Waals surface area (Å²) >= 11 is 1.77. The van der Waals surface area contributed by atoms with Crippen molar-refractivity contribution in [3.63, 3.8) is 0 Å². The maximum absolute atomic E-state index is 5.65. The van der Waals surface area contributed by atoms with Crippen LogP contribution in [0.15, 0.2) is 16.8 Å². The fourth-order valence-electron chi connectivity index (χ4n) is 1.02. The lowest BCUT2D eigenvalue weighted by Crippen LogP contribution is -2.23. The minimum Gasteiger partial charge on any atom is -0.330 e. The number of aryl methyl sites for hydroxylation is 1. The molecule has 0 aliphatic carbocycles. The lowest BCUT2D eigenvalue weighted by molar-refractivity contribution is 0.348. The Morgan fingerprint density at radius 3 is 2.75 bits per heavy atom. The molecule has 0 radical (unpaired) electrons. The van der Waals surface area contributed by atoms with Crippen molar-refractivity contribution in [2.24, 2.45) is 11.1 Å². The van der Waals surface area contributed by atoms with Crippen molar-refractivity contribution in [3.05, 3.63) is 22.4 Å². The van der Waals surface area contributed by atoms with Crippen molar-refractivity contribution in [3.8, 4) is 0 Å². The van der Waals surface area contributed by atoms with E-state index in [-0.39, 0.29) is 0 Å². The van der Waals surface area contributed by atoms with E-state index in [0.29, 0.717) is 5.41 Å². The monoisotopic (exact) mass is 183 g/mol. The van der Waals surface area contributed by atoms with Crippen LogP contribution in [0.4, 0.5) is 0 Å². The normalized spacial score (nSPS) is 11.9. The molecule has 0 aliphatic rings. The first-order valence-corrected chi connectivity index (χ1v) is 5.29. The van der Waals surface area contributed by atoms with Gasteiger partial charge in [-0.3, -0.25) is 0 Å². The van der Waals surface area contributed by atoms with Crippen molar-refractivity contribution in [2.75, 3.05) is 6.54 Å². The van der Waals surface area contributed by atoms with E-state index in [9.17, 15) is 0 Å². The smallest absolute Gasteiger partial charge is 0.00257 e. The number of nitrogens with two attached hydrogens (primary N) is 1. The van der Waals surface area contributed by atoms with E-state index in [0.717, 1.165) is 13.0 Å². The average molecular weight is 183 g/mol. The van der Waals surface area contributed by atoms with Gasteiger partial charge in [-0.05, 0) is 47.2 Å². The summed E-state index contributed by atoms with van der Waals surface area (Å²) in [6.07, 6.45) is 2.34. The van der Waals surface area contributed by atoms with Gasteiger partial charge < -0.3 is 5.73 Å². The third kappa shape index (κ3) is 2.95. The molecule has 0 atom stereocenters. The van der Waals surface area contributed by atoms with Gasteiger partial charge in [-0.25, -0.2) is 0 Å². The predicted molar refractivity (Wildman–Crippen MR) is 55.5 cm³/mol. The lowest BCUT2D eigenvalue weighted by atomic mass is 9.87. The minimum atomic E-state index is 0.294. The third-order valence-corrected chi connectivity index (χ3v) is 2.96. The molecular weight excluding hydrogens is 166 g/mol. The van der Waals surface area contributed by atoms with Crippen LogP contribution in [0.25, 0.3) is 0 Å². The number of hydrogen-bond donors (Lipinski definition) is 1. The predicted octanol–water partition coefficient (Wildman–Crippen LogP) is 2.67. The van der Waals surface area contributed by atoms with Crippen LogP contribution >= 0.6 is 11.3 Å². The average Bonchev–Trinajstić information content (AvgIpc) is 2.53. The first-order chi connectivity index (χ1) is 5.64. The molecule has 0 amide bonds. The highest BCUT2D eigenvalue weighted by Crippen LogP contribution is 2.21. The molecule has 12 heavy (non-hydrogen) atoms. The van der Waals surface area contributed by atoms with Crippen LogP contribution < -0.4 is 5.73 Å². The third-order valence-electron chi connectivity index (χ3n) is 2.22. The molecule has 2 heteroatoms. The maximum atomic E-state index is 5.65. The van der Waals surface area contributed by atoms with Crippen LogP contribution in [0, 0.1) is 5.41 Å². The molecule has 1 heterocycles. The van der Waals surface area contributed by atoms with Gasteiger partial charge in [0.05, 0.1) is 0 Å². The SMILES string of the molecule is CC(C)(CN)CCc1ccsc1. The Balaban J connectivity index is 2.36. The molecule has 0 bridgehead atoms. The van der Waals surface area contributed by atoms with Gasteiger partial charge in [-0.15, -0.1) is 0 Å². The van der Waals surface area contributed by atoms with Gasteiger partial charge in [-0.1, -0.05) is 13.8 Å². The van der Waals surface area contributed by atoms with Crippen molar-refractivity contribution in [2.45, 2.75) is 26.7 Å². The standard InChI is InChI=1S/C10H17NS/c1-10(2,8-11)5-3-9-4-6-12-7-9/h4,6-7H,3,5,8,11H2,1-2H3. The number of hydrogen-bond acceptors (Lipinski definition) is 2. The molecule has 1 aromatic heterocycles. The van der Waals surface area contributed by atoms with Gasteiger partial charge in [0.2, 0.25) is 0 Å². The topological polar surface area (TPSA) is 26.0 Å². The molecular formula is C10H17NS. The first kappa shape index (κ1) is 9.75. The summed E-state index contributed by atoms with van der Waals surface area (Å²) in [5, 5.41) is 4.34. The largest absolute Gasteiger partial charge is 0.330 e. The Hall–Kier alpha value is -0.340. The fraction of sp³-hybridized carbons (Fsp3) is 0.600. The summed E-state index contributed by atoms with van der Waals surface area (Å²) in [5.74, 6) is 0. The van der Waals surface area contributed by atoms with E-state index in [1.165, 1.54) is 12.0 Å². The Bertz CT molecular complexity index is 214. The van der Waals surface area contributed by atoms with Gasteiger partial charge in [0.1, 0.15) is 0 Å². The molecule has 1 nitrogen and oxygen atoms in total. The number of thiophene rings is 1. The number of rotatable bonds is 4. The molecule has 0 spiro atoms. The van der Waals surface area contributed by atoms with Crippen molar-refractivity contribution < 1.29 is 0 Å². The van der Waals surface area contributed by atoms with Crippen LogP contribution in [0.3, 0.4) is 0 Å². The molecule has 0 unspecified atom stereocenters. The molecule has 1 aromatic rings. The van der Waals surface area contributed by atoms with Crippen LogP contribution in [-0.4, -0.2) is 6.54 Å². The quantitative estimate of drug-likeness (QED) is 0.763. The van der Waals surface area contributed by atoms with Crippen molar-refractivity contribution in [1.82, 2.24) is 0 Å². The Morgan fingerprint density at radius 1 is 1.50 bits per heavy atom. The summed E-state index contributed by atoms with van der Waals surface area (Å²) in [4.78, 5) is 0. The Morgan fingerprint density at radius 2 is 2.25 bits per heavy atom. The second kappa shape index (κ2) is 4.06. The van der Waals surface area contributed by atoms with Crippen LogP contribution in [0.5, 0.6) is 0 Å². The summed E-state index contributed by atoms with van der Waals surface area (Å²) in [7, 11) is 0. The maximum Gasteiger partial charge on any atom is -0.00257 e. The summed E-state index contributed by atoms with van der Waals surface area (Å²) in [5.41, 5.74) is 7.39. The molecule has 1 rings (SSSR count). The van der Waals surface area contributed by atoms with E-state index in [4.69, 9.17) is 5.73 Å². The van der Waals surface area contributed by atoms with Gasteiger partial charge in [-0.2, -0.15) is 11.3 Å². The van der Waals surface area contributed by atoms with E-state index in [2.05, 4.69) is 30.7 Å². The summed E-state index contributed by atoms with van der Waals surface area (Å²) < 4.78 is 0. The summed E-state index contributed by atoms with van der Waals surface area (Å²) in [6, 6.07) is 2.19. The highest BCUT2D eigenvalue weighted by atomic mass is 32.1. The van der Waals surface area contributed by atoms with E-state index in [1.807, 2.05) is 0 Å². The Kier molecular flexibility index (Phi) is 3.29. The molecule has 0 fully saturated rings. The van der Waals surface area contributed by atoms with E-state index in [1.54, 1.807) is 11.3 Å². The van der Waals surface area contributed by atoms with Gasteiger partial charge in [0, 0.05) is 0 Å². The highest BCUT2D eigenvalue weighted by molar-refractivity contribution is 7.07. The minimum absolute atomic E-state index is 0.294. The van der Waals surface area contributed by atoms with Crippen molar-refractivity contribution >= 4 is 11.3 Å². The molecule has 0 saturated heterocycles. The van der Waals surface area contributed by atoms with Crippen molar-refractivity contribution in [1.29, 1.82) is 0 Å². The molecule has 0 aliphatic heterocycles. The zero-order valence-corrected chi connectivity index (χ0v) is 8.66. The zero-order valence-electron chi connectivity index (χ0n) is 7.84. The molecule has 0 saturated carbocycles. The van der Waals surface area contributed by atoms with Gasteiger partial charge in [0.15, 0.2) is 0 Å². The lowest BCUT2D eigenvalue weighted by Gasteiger charge is -2.21. The van der Waals surface area contributed by atoms with Crippen LogP contribution in [-0.2, 0) is 6.42 Å². The highest BCUT2D eigenvalue weighted by Gasteiger charge is 2.14.